The van der Waals surface area contributed by atoms with Gasteiger partial charge >= 0.3 is 0 Å². The van der Waals surface area contributed by atoms with Crippen molar-refractivity contribution in [3.8, 4) is 51.4 Å². The number of fused-ring (bicyclic) bond motifs is 4. The number of aromatic hydroxyl groups is 3. The van der Waals surface area contributed by atoms with E-state index in [1.165, 1.54) is 7.11 Å². The topological polar surface area (TPSA) is 138 Å². The Morgan fingerprint density at radius 3 is 2.04 bits per heavy atom. The van der Waals surface area contributed by atoms with Gasteiger partial charge in [-0.3, -0.25) is 0 Å². The second-order valence-electron chi connectivity index (χ2n) is 11.8. The number of methoxy groups -OCH3 is 2. The van der Waals surface area contributed by atoms with Crippen molar-refractivity contribution in [3.63, 3.8) is 0 Å². The number of benzene rings is 5. The summed E-state index contributed by atoms with van der Waals surface area (Å²) >= 11 is 0. The van der Waals surface area contributed by atoms with Crippen LogP contribution >= 0.6 is 0 Å². The van der Waals surface area contributed by atoms with Gasteiger partial charge in [0.1, 0.15) is 40.2 Å². The van der Waals surface area contributed by atoms with E-state index >= 15 is 0 Å². The van der Waals surface area contributed by atoms with Gasteiger partial charge in [-0.1, -0.05) is 18.2 Å². The molecule has 2 aliphatic rings. The van der Waals surface area contributed by atoms with E-state index in [0.29, 0.717) is 51.3 Å². The largest absolute Gasteiger partial charge is 0.508 e. The van der Waals surface area contributed by atoms with Crippen LogP contribution in [0.4, 0.5) is 0 Å². The van der Waals surface area contributed by atoms with Gasteiger partial charge in [-0.15, -0.1) is 0 Å². The average Bonchev–Trinajstić information content (AvgIpc) is 3.05. The molecule has 2 aliphatic heterocycles. The van der Waals surface area contributed by atoms with Gasteiger partial charge in [-0.2, -0.15) is 0 Å². The molecule has 0 spiro atoms. The molecule has 9 heteroatoms. The number of hydrogen-bond acceptors (Lipinski definition) is 9. The van der Waals surface area contributed by atoms with E-state index in [1.54, 1.807) is 73.8 Å². The van der Waals surface area contributed by atoms with E-state index in [-0.39, 0.29) is 30.5 Å². The van der Waals surface area contributed by atoms with E-state index in [4.69, 9.17) is 18.9 Å². The van der Waals surface area contributed by atoms with Crippen molar-refractivity contribution in [2.24, 2.45) is 11.8 Å². The Kier molecular flexibility index (Phi) is 7.50. The first-order valence-corrected chi connectivity index (χ1v) is 15.0. The Hall–Kier alpha value is -5.12. The predicted molar refractivity (Wildman–Crippen MR) is 171 cm³/mol. The van der Waals surface area contributed by atoms with Crippen LogP contribution in [0.1, 0.15) is 34.5 Å². The summed E-state index contributed by atoms with van der Waals surface area (Å²) in [6.45, 7) is 0.274. The Morgan fingerprint density at radius 1 is 0.652 bits per heavy atom. The number of rotatable bonds is 6. The van der Waals surface area contributed by atoms with E-state index in [2.05, 4.69) is 0 Å². The minimum absolute atomic E-state index is 0.0931. The molecule has 0 saturated carbocycles. The minimum atomic E-state index is -1.00. The molecule has 0 unspecified atom stereocenters. The molecule has 0 aliphatic carbocycles. The lowest BCUT2D eigenvalue weighted by Gasteiger charge is -2.41. The number of phenolic OH excluding ortho intramolecular Hbond substituents is 3. The molecule has 0 fully saturated rings. The SMILES string of the molecule is COc1cc(Cc2cc(O)ccc2-c2cccc(O)c2)c2c(c1)[C@@H](O)[C@@H]([C@H]1COc3c(cc(OC)c4cc(O)ccc34)[C@@H]1O)CO2. The van der Waals surface area contributed by atoms with Crippen LogP contribution in [0.25, 0.3) is 21.9 Å². The van der Waals surface area contributed by atoms with Crippen molar-refractivity contribution in [2.45, 2.75) is 18.6 Å². The fraction of sp³-hybridized carbons (Fsp3) is 0.243. The van der Waals surface area contributed by atoms with Crippen molar-refractivity contribution < 1.29 is 44.5 Å². The summed E-state index contributed by atoms with van der Waals surface area (Å²) in [5, 5.41) is 55.4. The molecule has 0 aromatic heterocycles. The lowest BCUT2D eigenvalue weighted by molar-refractivity contribution is -0.0550. The molecular weight excluding hydrogens is 588 g/mol. The second-order valence-corrected chi connectivity index (χ2v) is 11.8. The standard InChI is InChI=1S/C37H34O9/c1-43-25-13-21(10-20-12-23(39)6-8-26(20)19-4-3-5-22(38)11-19)36-29(15-25)34(41)31(17-45-36)32-18-46-37-27-9-7-24(40)14-28(27)33(44-2)16-30(37)35(32)42/h3-9,11-16,31-32,34-35,38-42H,10,17-18H2,1-2H3/t31-,32-,34-,35+/m1/s1. The summed E-state index contributed by atoms with van der Waals surface area (Å²) in [5.41, 5.74) is 4.25. The third kappa shape index (κ3) is 5.07. The highest BCUT2D eigenvalue weighted by atomic mass is 16.5. The van der Waals surface area contributed by atoms with Crippen molar-refractivity contribution >= 4 is 10.8 Å². The van der Waals surface area contributed by atoms with Crippen LogP contribution in [0.3, 0.4) is 0 Å². The zero-order chi connectivity index (χ0) is 32.1. The van der Waals surface area contributed by atoms with Crippen molar-refractivity contribution in [1.82, 2.24) is 0 Å². The number of phenols is 3. The summed E-state index contributed by atoms with van der Waals surface area (Å²) < 4.78 is 23.8. The molecule has 5 aromatic rings. The third-order valence-corrected chi connectivity index (χ3v) is 9.15. The Morgan fingerprint density at radius 2 is 1.33 bits per heavy atom. The summed E-state index contributed by atoms with van der Waals surface area (Å²) in [7, 11) is 3.08. The maximum absolute atomic E-state index is 11.8. The third-order valence-electron chi connectivity index (χ3n) is 9.15. The Bertz CT molecular complexity index is 1950. The van der Waals surface area contributed by atoms with E-state index in [9.17, 15) is 25.5 Å². The first-order valence-electron chi connectivity index (χ1n) is 15.0. The van der Waals surface area contributed by atoms with Crippen LogP contribution in [0.15, 0.2) is 78.9 Å². The summed E-state index contributed by atoms with van der Waals surface area (Å²) in [6, 6.07) is 22.2. The van der Waals surface area contributed by atoms with E-state index in [1.807, 2.05) is 12.1 Å². The van der Waals surface area contributed by atoms with Crippen molar-refractivity contribution in [3.05, 3.63) is 101 Å². The quantitative estimate of drug-likeness (QED) is 0.154. The molecular formula is C37H34O9. The van der Waals surface area contributed by atoms with Gasteiger partial charge < -0.3 is 44.5 Å². The zero-order valence-electron chi connectivity index (χ0n) is 25.3. The molecule has 0 bridgehead atoms. The molecule has 5 aromatic carbocycles. The number of ether oxygens (including phenoxy) is 4. The molecule has 236 valence electrons. The van der Waals surface area contributed by atoms with Gasteiger partial charge in [0.2, 0.25) is 0 Å². The van der Waals surface area contributed by atoms with Gasteiger partial charge in [-0.25, -0.2) is 0 Å². The zero-order valence-corrected chi connectivity index (χ0v) is 25.3. The van der Waals surface area contributed by atoms with Crippen LogP contribution in [0, 0.1) is 11.8 Å². The maximum Gasteiger partial charge on any atom is 0.133 e. The molecule has 0 radical (unpaired) electrons. The summed E-state index contributed by atoms with van der Waals surface area (Å²) in [6.07, 6.45) is -1.64. The highest BCUT2D eigenvalue weighted by Gasteiger charge is 2.43. The molecule has 2 heterocycles. The summed E-state index contributed by atoms with van der Waals surface area (Å²) in [5.74, 6) is 1.37. The summed E-state index contributed by atoms with van der Waals surface area (Å²) in [4.78, 5) is 0. The molecule has 0 amide bonds. The van der Waals surface area contributed by atoms with Gasteiger partial charge in [-0.05, 0) is 77.4 Å². The second kappa shape index (κ2) is 11.7. The predicted octanol–water partition coefficient (Wildman–Crippen LogP) is 6.02. The van der Waals surface area contributed by atoms with E-state index in [0.717, 1.165) is 22.3 Å². The van der Waals surface area contributed by atoms with Crippen molar-refractivity contribution in [1.29, 1.82) is 0 Å². The van der Waals surface area contributed by atoms with Crippen LogP contribution in [0.5, 0.6) is 40.2 Å². The fourth-order valence-electron chi connectivity index (χ4n) is 6.86. The average molecular weight is 623 g/mol. The van der Waals surface area contributed by atoms with Crippen LogP contribution in [-0.4, -0.2) is 53.0 Å². The van der Waals surface area contributed by atoms with Gasteiger partial charge in [0.25, 0.3) is 0 Å². The maximum atomic E-state index is 11.8. The molecule has 46 heavy (non-hydrogen) atoms. The van der Waals surface area contributed by atoms with Crippen LogP contribution in [0.2, 0.25) is 0 Å². The first kappa shape index (κ1) is 29.6. The molecule has 9 nitrogen and oxygen atoms in total. The van der Waals surface area contributed by atoms with Gasteiger partial charge in [0.05, 0.1) is 39.6 Å². The Balaban J connectivity index is 1.23. The molecule has 4 atom stereocenters. The molecule has 5 N–H and O–H groups in total. The smallest absolute Gasteiger partial charge is 0.133 e. The lowest BCUT2D eigenvalue weighted by Crippen LogP contribution is -2.40. The molecule has 0 saturated heterocycles. The number of aliphatic hydroxyl groups excluding tert-OH is 2. The minimum Gasteiger partial charge on any atom is -0.508 e. The normalized spacial score (nSPS) is 20.3. The Labute approximate surface area is 265 Å². The monoisotopic (exact) mass is 622 g/mol. The number of hydrogen-bond donors (Lipinski definition) is 5. The van der Waals surface area contributed by atoms with Gasteiger partial charge in [0.15, 0.2) is 0 Å². The first-order chi connectivity index (χ1) is 22.2. The van der Waals surface area contributed by atoms with Crippen LogP contribution in [-0.2, 0) is 6.42 Å². The lowest BCUT2D eigenvalue weighted by atomic mass is 9.76. The number of aliphatic hydroxyl groups is 2. The highest BCUT2D eigenvalue weighted by molar-refractivity contribution is 5.95. The molecule has 7 rings (SSSR count). The highest BCUT2D eigenvalue weighted by Crippen LogP contribution is 2.51. The van der Waals surface area contributed by atoms with E-state index < -0.39 is 24.0 Å². The van der Waals surface area contributed by atoms with Gasteiger partial charge in [0, 0.05) is 45.7 Å². The van der Waals surface area contributed by atoms with Crippen molar-refractivity contribution in [2.75, 3.05) is 27.4 Å². The fourth-order valence-corrected chi connectivity index (χ4v) is 6.86. The van der Waals surface area contributed by atoms with Crippen LogP contribution < -0.4 is 18.9 Å².